The summed E-state index contributed by atoms with van der Waals surface area (Å²) in [6.07, 6.45) is -8.11. The van der Waals surface area contributed by atoms with Crippen molar-refractivity contribution in [2.45, 2.75) is 44.6 Å². The number of benzene rings is 1. The molecule has 0 spiro atoms. The lowest BCUT2D eigenvalue weighted by Crippen LogP contribution is -2.42. The highest BCUT2D eigenvalue weighted by atomic mass is 19.1. The summed E-state index contributed by atoms with van der Waals surface area (Å²) in [5.41, 5.74) is -1.08. The fraction of sp³-hybridized carbons (Fsp3) is 0.400. The number of rotatable bonds is 6. The maximum Gasteiger partial charge on any atom is 0.330 e. The summed E-state index contributed by atoms with van der Waals surface area (Å²) >= 11 is 0. The van der Waals surface area contributed by atoms with Gasteiger partial charge in [0, 0.05) is 12.5 Å². The predicted octanol–water partition coefficient (Wildman–Crippen LogP) is 0.265. The molecule has 5 unspecified atom stereocenters. The molecule has 1 aromatic heterocycles. The fourth-order valence-electron chi connectivity index (χ4n) is 3.40. The number of H-pyrrole nitrogens is 1. The Labute approximate surface area is 175 Å². The van der Waals surface area contributed by atoms with Crippen molar-refractivity contribution in [2.24, 2.45) is 0 Å². The van der Waals surface area contributed by atoms with Crippen molar-refractivity contribution in [3.8, 4) is 5.75 Å². The van der Waals surface area contributed by atoms with Gasteiger partial charge in [-0.1, -0.05) is 24.3 Å². The maximum absolute atomic E-state index is 15.2. The van der Waals surface area contributed by atoms with E-state index >= 15 is 4.39 Å². The monoisotopic (exact) mass is 436 g/mol. The minimum absolute atomic E-state index is 0.168. The Hall–Kier alpha value is -3.31. The standard InChI is InChI=1S/C20H21FN2O8/c1-9-6-4-5-7-11(9)14(25)15(26)16-13(21)17(30-10(2)24)19(31-16)23-8-12(29-3)18(27)22-20(23)28/h4-8,13,15-17,19,26H,1-3H3,(H,22,27,28). The summed E-state index contributed by atoms with van der Waals surface area (Å²) < 4.78 is 31.4. The van der Waals surface area contributed by atoms with Gasteiger partial charge in [0.15, 0.2) is 24.3 Å². The molecule has 1 saturated heterocycles. The number of nitrogens with one attached hydrogen (secondary N) is 1. The Kier molecular flexibility index (Phi) is 6.37. The van der Waals surface area contributed by atoms with Crippen LogP contribution in [0.25, 0.3) is 0 Å². The van der Waals surface area contributed by atoms with E-state index in [-0.39, 0.29) is 11.3 Å². The van der Waals surface area contributed by atoms with Crippen LogP contribution in [0.2, 0.25) is 0 Å². The smallest absolute Gasteiger partial charge is 0.330 e. The lowest BCUT2D eigenvalue weighted by molar-refractivity contribution is -0.154. The molecule has 1 aliphatic heterocycles. The average Bonchev–Trinajstić information content (AvgIpc) is 3.03. The van der Waals surface area contributed by atoms with E-state index in [1.54, 1.807) is 25.1 Å². The zero-order valence-corrected chi connectivity index (χ0v) is 16.9. The molecule has 1 fully saturated rings. The number of ether oxygens (including phenoxy) is 3. The van der Waals surface area contributed by atoms with Gasteiger partial charge in [-0.15, -0.1) is 0 Å². The molecule has 1 aliphatic rings. The summed E-state index contributed by atoms with van der Waals surface area (Å²) in [4.78, 5) is 50.3. The number of hydrogen-bond acceptors (Lipinski definition) is 8. The molecule has 0 radical (unpaired) electrons. The van der Waals surface area contributed by atoms with Crippen LogP contribution >= 0.6 is 0 Å². The van der Waals surface area contributed by atoms with Crippen LogP contribution < -0.4 is 16.0 Å². The number of carbonyl (C=O) groups excluding carboxylic acids is 2. The molecule has 3 rings (SSSR count). The second-order valence-corrected chi connectivity index (χ2v) is 7.00. The number of aliphatic hydroxyl groups is 1. The summed E-state index contributed by atoms with van der Waals surface area (Å²) in [6, 6.07) is 6.41. The SMILES string of the molecule is COc1cn(C2OC(C(O)C(=O)c3ccccc3C)C(F)C2OC(C)=O)c(=O)[nH]c1=O. The first-order valence-corrected chi connectivity index (χ1v) is 9.29. The Morgan fingerprint density at radius 2 is 1.97 bits per heavy atom. The number of hydrogen-bond donors (Lipinski definition) is 2. The minimum Gasteiger partial charge on any atom is -0.490 e. The number of aromatic nitrogens is 2. The predicted molar refractivity (Wildman–Crippen MR) is 104 cm³/mol. The molecule has 11 heteroatoms. The van der Waals surface area contributed by atoms with Crippen LogP contribution in [0.5, 0.6) is 5.75 Å². The normalized spacial score (nSPS) is 23.9. The Morgan fingerprint density at radius 3 is 2.58 bits per heavy atom. The number of alkyl halides is 1. The number of aromatic amines is 1. The van der Waals surface area contributed by atoms with E-state index in [0.29, 0.717) is 5.56 Å². The summed E-state index contributed by atoms with van der Waals surface area (Å²) in [7, 11) is 1.18. The maximum atomic E-state index is 15.2. The number of aliphatic hydroxyl groups excluding tert-OH is 1. The Bertz CT molecular complexity index is 1110. The third kappa shape index (κ3) is 4.28. The highest BCUT2D eigenvalue weighted by Gasteiger charge is 2.53. The zero-order valence-electron chi connectivity index (χ0n) is 16.9. The molecule has 0 bridgehead atoms. The van der Waals surface area contributed by atoms with Gasteiger partial charge in [-0.2, -0.15) is 0 Å². The number of aryl methyl sites for hydroxylation is 1. The van der Waals surface area contributed by atoms with Gasteiger partial charge in [-0.3, -0.25) is 23.9 Å². The molecular weight excluding hydrogens is 415 g/mol. The van der Waals surface area contributed by atoms with E-state index in [9.17, 15) is 24.3 Å². The second kappa shape index (κ2) is 8.82. The van der Waals surface area contributed by atoms with Gasteiger partial charge in [0.05, 0.1) is 13.3 Å². The van der Waals surface area contributed by atoms with E-state index < -0.39 is 53.7 Å². The van der Waals surface area contributed by atoms with Crippen molar-refractivity contribution in [2.75, 3.05) is 7.11 Å². The molecule has 0 saturated carbocycles. The first-order chi connectivity index (χ1) is 14.6. The van der Waals surface area contributed by atoms with Gasteiger partial charge in [0.1, 0.15) is 12.2 Å². The summed E-state index contributed by atoms with van der Waals surface area (Å²) in [5.74, 6) is -1.94. The van der Waals surface area contributed by atoms with Crippen molar-refractivity contribution in [1.82, 2.24) is 9.55 Å². The third-order valence-electron chi connectivity index (χ3n) is 4.93. The third-order valence-corrected chi connectivity index (χ3v) is 4.93. The van der Waals surface area contributed by atoms with Crippen LogP contribution in [0.1, 0.15) is 29.1 Å². The summed E-state index contributed by atoms with van der Waals surface area (Å²) in [5, 5.41) is 10.6. The molecule has 0 amide bonds. The van der Waals surface area contributed by atoms with E-state index in [2.05, 4.69) is 0 Å². The van der Waals surface area contributed by atoms with Gasteiger partial charge in [0.25, 0.3) is 5.56 Å². The molecule has 0 aliphatic carbocycles. The lowest BCUT2D eigenvalue weighted by atomic mass is 9.96. The van der Waals surface area contributed by atoms with Crippen molar-refractivity contribution >= 4 is 11.8 Å². The number of Topliss-reactive ketones (excluding diaryl/α,β-unsaturated/α-hetero) is 1. The number of nitrogens with zero attached hydrogens (tertiary/aromatic N) is 1. The number of carbonyl (C=O) groups is 2. The number of ketones is 1. The second-order valence-electron chi connectivity index (χ2n) is 7.00. The first kappa shape index (κ1) is 22.4. The molecule has 10 nitrogen and oxygen atoms in total. The van der Waals surface area contributed by atoms with Gasteiger partial charge in [0.2, 0.25) is 5.75 Å². The van der Waals surface area contributed by atoms with Crippen molar-refractivity contribution < 1.29 is 33.3 Å². The molecule has 31 heavy (non-hydrogen) atoms. The van der Waals surface area contributed by atoms with Crippen LogP contribution in [-0.2, 0) is 14.3 Å². The zero-order chi connectivity index (χ0) is 22.9. The van der Waals surface area contributed by atoms with Gasteiger partial charge < -0.3 is 19.3 Å². The summed E-state index contributed by atoms with van der Waals surface area (Å²) in [6.45, 7) is 2.68. The van der Waals surface area contributed by atoms with Crippen molar-refractivity contribution in [3.63, 3.8) is 0 Å². The number of esters is 1. The van der Waals surface area contributed by atoms with E-state index in [1.807, 2.05) is 4.98 Å². The molecular formula is C20H21FN2O8. The van der Waals surface area contributed by atoms with Crippen LogP contribution in [0.4, 0.5) is 4.39 Å². The highest BCUT2D eigenvalue weighted by Crippen LogP contribution is 2.35. The minimum atomic E-state index is -2.15. The van der Waals surface area contributed by atoms with Gasteiger partial charge >= 0.3 is 11.7 Å². The molecule has 5 atom stereocenters. The molecule has 2 heterocycles. The van der Waals surface area contributed by atoms with Crippen LogP contribution in [-0.4, -0.2) is 58.0 Å². The van der Waals surface area contributed by atoms with E-state index in [4.69, 9.17) is 14.2 Å². The van der Waals surface area contributed by atoms with Crippen molar-refractivity contribution in [1.29, 1.82) is 0 Å². The quantitative estimate of drug-likeness (QED) is 0.486. The first-order valence-electron chi connectivity index (χ1n) is 9.29. The van der Waals surface area contributed by atoms with Crippen LogP contribution in [0.3, 0.4) is 0 Å². The Morgan fingerprint density at radius 1 is 1.29 bits per heavy atom. The number of methoxy groups -OCH3 is 1. The Balaban J connectivity index is 1.99. The average molecular weight is 436 g/mol. The van der Waals surface area contributed by atoms with E-state index in [1.165, 1.54) is 13.2 Å². The van der Waals surface area contributed by atoms with Gasteiger partial charge in [-0.25, -0.2) is 9.18 Å². The van der Waals surface area contributed by atoms with Gasteiger partial charge in [-0.05, 0) is 12.5 Å². The fourth-order valence-corrected chi connectivity index (χ4v) is 3.40. The number of halogens is 1. The molecule has 2 aromatic rings. The molecule has 166 valence electrons. The largest absolute Gasteiger partial charge is 0.490 e. The lowest BCUT2D eigenvalue weighted by Gasteiger charge is -2.21. The van der Waals surface area contributed by atoms with Crippen molar-refractivity contribution in [3.05, 3.63) is 62.4 Å². The topological polar surface area (TPSA) is 137 Å². The van der Waals surface area contributed by atoms with Crippen LogP contribution in [0, 0.1) is 6.92 Å². The molecule has 2 N–H and O–H groups in total. The molecule has 1 aromatic carbocycles. The van der Waals surface area contributed by atoms with Crippen LogP contribution in [0.15, 0.2) is 40.1 Å². The van der Waals surface area contributed by atoms with E-state index in [0.717, 1.165) is 17.7 Å². The highest BCUT2D eigenvalue weighted by molar-refractivity contribution is 6.01.